The third-order valence-electron chi connectivity index (χ3n) is 1.63. The van der Waals surface area contributed by atoms with Gasteiger partial charge in [-0.1, -0.05) is 0 Å². The molecule has 0 aliphatic carbocycles. The van der Waals surface area contributed by atoms with Gasteiger partial charge in [-0.2, -0.15) is 5.10 Å². The van der Waals surface area contributed by atoms with Crippen LogP contribution >= 0.6 is 0 Å². The summed E-state index contributed by atoms with van der Waals surface area (Å²) in [6, 6.07) is 0. The maximum Gasteiger partial charge on any atom is 0.0978 e. The average Bonchev–Trinajstić information content (AvgIpc) is 2.43. The number of aryl methyl sites for hydroxylation is 1. The van der Waals surface area contributed by atoms with Crippen molar-refractivity contribution in [1.82, 2.24) is 9.78 Å². The molecule has 0 fully saturated rings. The van der Waals surface area contributed by atoms with Gasteiger partial charge in [0.05, 0.1) is 23.3 Å². The van der Waals surface area contributed by atoms with Gasteiger partial charge in [-0.25, -0.2) is 4.68 Å². The lowest BCUT2D eigenvalue weighted by atomic mass is 10.4. The number of anilines is 1. The lowest BCUT2D eigenvalue weighted by Gasteiger charge is -1.98. The van der Waals surface area contributed by atoms with Crippen LogP contribution in [0.3, 0.4) is 0 Å². The van der Waals surface area contributed by atoms with Crippen LogP contribution in [-0.2, 0) is 0 Å². The molecule has 1 aromatic heterocycles. The minimum Gasteiger partial charge on any atom is -0.403 e. The van der Waals surface area contributed by atoms with Crippen molar-refractivity contribution in [2.45, 2.75) is 6.92 Å². The van der Waals surface area contributed by atoms with E-state index in [1.165, 1.54) is 6.20 Å². The minimum atomic E-state index is 0.642. The molecule has 0 amide bonds. The van der Waals surface area contributed by atoms with E-state index >= 15 is 0 Å². The van der Waals surface area contributed by atoms with E-state index in [1.54, 1.807) is 24.1 Å². The summed E-state index contributed by atoms with van der Waals surface area (Å²) in [5, 5.41) is 4.15. The number of aromatic nitrogens is 2. The maximum absolute atomic E-state index is 5.63. The van der Waals surface area contributed by atoms with E-state index in [9.17, 15) is 0 Å². The molecule has 13 heavy (non-hydrogen) atoms. The standard InChI is InChI=1S/C8H13N5/c1-6-8(10)5-13(12-6)7(3-9)4-11-2/h3-5H,9-10H2,1-2H3. The van der Waals surface area contributed by atoms with Crippen molar-refractivity contribution in [1.29, 1.82) is 0 Å². The lowest BCUT2D eigenvalue weighted by Crippen LogP contribution is -2.02. The molecule has 0 saturated heterocycles. The Balaban J connectivity index is 3.06. The Hall–Kier alpha value is -1.78. The molecule has 1 aromatic rings. The van der Waals surface area contributed by atoms with Crippen LogP contribution in [0.4, 0.5) is 5.69 Å². The fourth-order valence-corrected chi connectivity index (χ4v) is 0.916. The molecule has 0 aliphatic rings. The Morgan fingerprint density at radius 3 is 2.77 bits per heavy atom. The average molecular weight is 179 g/mol. The third kappa shape index (κ3) is 1.87. The van der Waals surface area contributed by atoms with Crippen molar-refractivity contribution in [3.63, 3.8) is 0 Å². The normalized spacial score (nSPS) is 12.6. The molecule has 0 aromatic carbocycles. The van der Waals surface area contributed by atoms with E-state index in [0.717, 1.165) is 5.69 Å². The molecule has 1 heterocycles. The Labute approximate surface area is 76.7 Å². The number of hydrogen-bond donors (Lipinski definition) is 2. The smallest absolute Gasteiger partial charge is 0.0978 e. The fraction of sp³-hybridized carbons (Fsp3) is 0.250. The predicted molar refractivity (Wildman–Crippen MR) is 54.3 cm³/mol. The molecule has 70 valence electrons. The molecule has 0 radical (unpaired) electrons. The highest BCUT2D eigenvalue weighted by Gasteiger charge is 2.02. The Kier molecular flexibility index (Phi) is 2.69. The first-order valence-electron chi connectivity index (χ1n) is 3.85. The second-order valence-electron chi connectivity index (χ2n) is 2.59. The van der Waals surface area contributed by atoms with Gasteiger partial charge in [0.25, 0.3) is 0 Å². The van der Waals surface area contributed by atoms with Gasteiger partial charge < -0.3 is 11.5 Å². The SMILES string of the molecule is CN=CC(=CN)n1cc(N)c(C)n1. The monoisotopic (exact) mass is 179 g/mol. The van der Waals surface area contributed by atoms with Gasteiger partial charge in [-0.3, -0.25) is 4.99 Å². The first-order valence-corrected chi connectivity index (χ1v) is 3.85. The number of hydrogen-bond acceptors (Lipinski definition) is 4. The van der Waals surface area contributed by atoms with Gasteiger partial charge >= 0.3 is 0 Å². The van der Waals surface area contributed by atoms with Gasteiger partial charge in [0.15, 0.2) is 0 Å². The summed E-state index contributed by atoms with van der Waals surface area (Å²) >= 11 is 0. The van der Waals surface area contributed by atoms with Crippen LogP contribution in [0.15, 0.2) is 17.4 Å². The summed E-state index contributed by atoms with van der Waals surface area (Å²) in [6.45, 7) is 1.84. The Morgan fingerprint density at radius 1 is 1.69 bits per heavy atom. The van der Waals surface area contributed by atoms with Crippen LogP contribution in [0.1, 0.15) is 5.69 Å². The second kappa shape index (κ2) is 3.75. The summed E-state index contributed by atoms with van der Waals surface area (Å²) in [5.74, 6) is 0. The van der Waals surface area contributed by atoms with Crippen LogP contribution < -0.4 is 11.5 Å². The van der Waals surface area contributed by atoms with Crippen molar-refractivity contribution >= 4 is 17.6 Å². The highest BCUT2D eigenvalue weighted by Crippen LogP contribution is 2.09. The van der Waals surface area contributed by atoms with E-state index in [-0.39, 0.29) is 0 Å². The van der Waals surface area contributed by atoms with Crippen molar-refractivity contribution < 1.29 is 0 Å². The molecular formula is C8H13N5. The van der Waals surface area contributed by atoms with Crippen LogP contribution in [0.5, 0.6) is 0 Å². The zero-order valence-corrected chi connectivity index (χ0v) is 7.73. The number of nitrogens with zero attached hydrogens (tertiary/aromatic N) is 3. The maximum atomic E-state index is 5.63. The van der Waals surface area contributed by atoms with Crippen molar-refractivity contribution in [3.8, 4) is 0 Å². The molecule has 4 N–H and O–H groups in total. The molecule has 0 saturated carbocycles. The van der Waals surface area contributed by atoms with Gasteiger partial charge in [0.2, 0.25) is 0 Å². The molecule has 0 bridgehead atoms. The van der Waals surface area contributed by atoms with Crippen molar-refractivity contribution in [2.75, 3.05) is 12.8 Å². The van der Waals surface area contributed by atoms with E-state index in [1.807, 2.05) is 6.92 Å². The first-order chi connectivity index (χ1) is 6.19. The molecule has 0 spiro atoms. The molecular weight excluding hydrogens is 166 g/mol. The zero-order chi connectivity index (χ0) is 9.84. The molecule has 0 aliphatic heterocycles. The number of rotatable bonds is 2. The van der Waals surface area contributed by atoms with Crippen molar-refractivity contribution in [2.24, 2.45) is 10.7 Å². The van der Waals surface area contributed by atoms with Gasteiger partial charge in [0, 0.05) is 19.5 Å². The summed E-state index contributed by atoms with van der Waals surface area (Å²) in [5.41, 5.74) is 13.1. The van der Waals surface area contributed by atoms with Crippen LogP contribution in [-0.4, -0.2) is 23.0 Å². The van der Waals surface area contributed by atoms with Crippen LogP contribution in [0, 0.1) is 6.92 Å². The van der Waals surface area contributed by atoms with Crippen molar-refractivity contribution in [3.05, 3.63) is 18.1 Å². The van der Waals surface area contributed by atoms with E-state index in [2.05, 4.69) is 10.1 Å². The summed E-state index contributed by atoms with van der Waals surface area (Å²) in [6.07, 6.45) is 4.75. The van der Waals surface area contributed by atoms with Crippen LogP contribution in [0.25, 0.3) is 5.70 Å². The van der Waals surface area contributed by atoms with E-state index in [0.29, 0.717) is 11.4 Å². The van der Waals surface area contributed by atoms with Gasteiger partial charge in [-0.15, -0.1) is 0 Å². The molecule has 5 nitrogen and oxygen atoms in total. The second-order valence-corrected chi connectivity index (χ2v) is 2.59. The summed E-state index contributed by atoms with van der Waals surface area (Å²) in [4.78, 5) is 3.85. The van der Waals surface area contributed by atoms with E-state index in [4.69, 9.17) is 11.5 Å². The number of nitrogen functional groups attached to an aromatic ring is 1. The quantitative estimate of drug-likeness (QED) is 0.637. The highest BCUT2D eigenvalue weighted by molar-refractivity contribution is 6.01. The molecule has 5 heteroatoms. The fourth-order valence-electron chi connectivity index (χ4n) is 0.916. The Bertz CT molecular complexity index is 328. The van der Waals surface area contributed by atoms with Gasteiger partial charge in [-0.05, 0) is 6.92 Å². The predicted octanol–water partition coefficient (Wildman–Crippen LogP) is 0.231. The molecule has 0 unspecified atom stereocenters. The summed E-state index contributed by atoms with van der Waals surface area (Å²) < 4.78 is 1.59. The number of allylic oxidation sites excluding steroid dienone is 1. The van der Waals surface area contributed by atoms with Crippen LogP contribution in [0.2, 0.25) is 0 Å². The largest absolute Gasteiger partial charge is 0.403 e. The van der Waals surface area contributed by atoms with Gasteiger partial charge in [0.1, 0.15) is 0 Å². The lowest BCUT2D eigenvalue weighted by molar-refractivity contribution is 0.896. The summed E-state index contributed by atoms with van der Waals surface area (Å²) in [7, 11) is 1.67. The van der Waals surface area contributed by atoms with E-state index < -0.39 is 0 Å². The third-order valence-corrected chi connectivity index (χ3v) is 1.63. The zero-order valence-electron chi connectivity index (χ0n) is 7.73. The first kappa shape index (κ1) is 9.31. The minimum absolute atomic E-state index is 0.642. The molecule has 0 atom stereocenters. The Morgan fingerprint density at radius 2 is 2.38 bits per heavy atom. The number of aliphatic imine (C=N–C) groups is 1. The topological polar surface area (TPSA) is 82.2 Å². The molecule has 1 rings (SSSR count). The highest BCUT2D eigenvalue weighted by atomic mass is 15.3. The number of nitrogens with two attached hydrogens (primary N) is 2.